The highest BCUT2D eigenvalue weighted by molar-refractivity contribution is 5.83. The first-order valence-corrected chi connectivity index (χ1v) is 5.83. The molecule has 0 saturated carbocycles. The number of nitriles is 1. The van der Waals surface area contributed by atoms with Crippen molar-refractivity contribution in [2.24, 2.45) is 0 Å². The molecule has 0 aliphatic rings. The van der Waals surface area contributed by atoms with E-state index in [-0.39, 0.29) is 24.4 Å². The molecule has 0 bridgehead atoms. The van der Waals surface area contributed by atoms with Crippen molar-refractivity contribution in [1.82, 2.24) is 14.7 Å². The largest absolute Gasteiger partial charge is 0.348 e. The molecule has 0 N–H and O–H groups in total. The second kappa shape index (κ2) is 7.67. The predicted octanol–water partition coefficient (Wildman–Crippen LogP) is -0.233. The number of hydrogen-bond acceptors (Lipinski definition) is 4. The fourth-order valence-corrected chi connectivity index (χ4v) is 1.33. The molecule has 0 radical (unpaired) electrons. The van der Waals surface area contributed by atoms with Crippen LogP contribution in [0.4, 0.5) is 0 Å². The molecule has 6 nitrogen and oxygen atoms in total. The molecule has 0 aromatic carbocycles. The number of rotatable bonds is 6. The van der Waals surface area contributed by atoms with E-state index in [1.54, 1.807) is 40.0 Å². The molecule has 1 unspecified atom stereocenters. The number of carbonyl (C=O) groups excluding carboxylic acids is 2. The third kappa shape index (κ3) is 5.15. The van der Waals surface area contributed by atoms with Crippen molar-refractivity contribution >= 4 is 11.8 Å². The van der Waals surface area contributed by atoms with Gasteiger partial charge in [-0.3, -0.25) is 14.5 Å². The zero-order valence-corrected chi connectivity index (χ0v) is 11.8. The molecular weight excluding hydrogens is 232 g/mol. The fourth-order valence-electron chi connectivity index (χ4n) is 1.33. The molecule has 6 heteroatoms. The van der Waals surface area contributed by atoms with Gasteiger partial charge < -0.3 is 9.80 Å². The Morgan fingerprint density at radius 2 is 1.78 bits per heavy atom. The maximum Gasteiger partial charge on any atom is 0.239 e. The SMILES string of the molecule is CC(C(=O)N(C)CCC#N)N(C)CC(=O)N(C)C. The average Bonchev–Trinajstić information content (AvgIpc) is 2.33. The Kier molecular flexibility index (Phi) is 6.98. The van der Waals surface area contributed by atoms with Gasteiger partial charge in [0.15, 0.2) is 0 Å². The normalized spacial score (nSPS) is 11.8. The Morgan fingerprint density at radius 1 is 1.22 bits per heavy atom. The van der Waals surface area contributed by atoms with Crippen LogP contribution >= 0.6 is 0 Å². The Bertz CT molecular complexity index is 335. The van der Waals surface area contributed by atoms with E-state index in [0.29, 0.717) is 13.0 Å². The Labute approximate surface area is 109 Å². The van der Waals surface area contributed by atoms with Crippen LogP contribution in [0.25, 0.3) is 0 Å². The van der Waals surface area contributed by atoms with Crippen molar-refractivity contribution in [2.75, 3.05) is 41.3 Å². The van der Waals surface area contributed by atoms with Crippen molar-refractivity contribution in [3.8, 4) is 6.07 Å². The van der Waals surface area contributed by atoms with Crippen LogP contribution in [0.5, 0.6) is 0 Å². The van der Waals surface area contributed by atoms with Crippen molar-refractivity contribution in [3.63, 3.8) is 0 Å². The summed E-state index contributed by atoms with van der Waals surface area (Å²) in [5.74, 6) is -0.129. The summed E-state index contributed by atoms with van der Waals surface area (Å²) >= 11 is 0. The molecule has 102 valence electrons. The van der Waals surface area contributed by atoms with Gasteiger partial charge in [0.1, 0.15) is 0 Å². The Hall–Kier alpha value is -1.61. The summed E-state index contributed by atoms with van der Waals surface area (Å²) in [7, 11) is 6.77. The van der Waals surface area contributed by atoms with E-state index >= 15 is 0 Å². The van der Waals surface area contributed by atoms with Gasteiger partial charge in [-0.05, 0) is 14.0 Å². The summed E-state index contributed by atoms with van der Waals surface area (Å²) in [6.07, 6.45) is 0.315. The molecule has 0 aromatic rings. The van der Waals surface area contributed by atoms with E-state index in [0.717, 1.165) is 0 Å². The third-order valence-corrected chi connectivity index (χ3v) is 2.84. The van der Waals surface area contributed by atoms with Crippen LogP contribution < -0.4 is 0 Å². The maximum atomic E-state index is 12.0. The van der Waals surface area contributed by atoms with Crippen LogP contribution in [-0.4, -0.2) is 73.8 Å². The van der Waals surface area contributed by atoms with Gasteiger partial charge in [0.25, 0.3) is 0 Å². The molecule has 0 rings (SSSR count). The summed E-state index contributed by atoms with van der Waals surface area (Å²) < 4.78 is 0. The van der Waals surface area contributed by atoms with Gasteiger partial charge in [-0.15, -0.1) is 0 Å². The van der Waals surface area contributed by atoms with Crippen molar-refractivity contribution in [3.05, 3.63) is 0 Å². The summed E-state index contributed by atoms with van der Waals surface area (Å²) in [5, 5.41) is 8.48. The lowest BCUT2D eigenvalue weighted by Gasteiger charge is -2.28. The van der Waals surface area contributed by atoms with E-state index in [1.165, 1.54) is 9.80 Å². The molecule has 0 aromatic heterocycles. The van der Waals surface area contributed by atoms with Crippen molar-refractivity contribution in [1.29, 1.82) is 5.26 Å². The summed E-state index contributed by atoms with van der Waals surface area (Å²) in [4.78, 5) is 28.2. The van der Waals surface area contributed by atoms with Crippen LogP contribution in [-0.2, 0) is 9.59 Å². The molecule has 0 aliphatic carbocycles. The van der Waals surface area contributed by atoms with Gasteiger partial charge in [-0.2, -0.15) is 5.26 Å². The number of hydrogen-bond donors (Lipinski definition) is 0. The molecule has 0 spiro atoms. The third-order valence-electron chi connectivity index (χ3n) is 2.84. The predicted molar refractivity (Wildman–Crippen MR) is 68.7 cm³/mol. The number of amides is 2. The van der Waals surface area contributed by atoms with Gasteiger partial charge in [-0.25, -0.2) is 0 Å². The molecule has 0 heterocycles. The van der Waals surface area contributed by atoms with Gasteiger partial charge in [-0.1, -0.05) is 0 Å². The zero-order chi connectivity index (χ0) is 14.3. The van der Waals surface area contributed by atoms with E-state index in [4.69, 9.17) is 5.26 Å². The number of carbonyl (C=O) groups is 2. The van der Waals surface area contributed by atoms with Gasteiger partial charge in [0.05, 0.1) is 25.1 Å². The van der Waals surface area contributed by atoms with E-state index in [9.17, 15) is 9.59 Å². The second-order valence-electron chi connectivity index (χ2n) is 4.55. The Morgan fingerprint density at radius 3 is 2.22 bits per heavy atom. The first-order chi connectivity index (χ1) is 8.31. The second-order valence-corrected chi connectivity index (χ2v) is 4.55. The van der Waals surface area contributed by atoms with E-state index < -0.39 is 0 Å². The van der Waals surface area contributed by atoms with Crippen molar-refractivity contribution in [2.45, 2.75) is 19.4 Å². The lowest BCUT2D eigenvalue weighted by Crippen LogP contribution is -2.47. The highest BCUT2D eigenvalue weighted by Crippen LogP contribution is 2.01. The Balaban J connectivity index is 4.36. The number of likely N-dealkylation sites (N-methyl/N-ethyl adjacent to an activating group) is 3. The minimum atomic E-state index is -0.377. The first kappa shape index (κ1) is 16.4. The molecule has 1 atom stereocenters. The van der Waals surface area contributed by atoms with E-state index in [2.05, 4.69) is 0 Å². The van der Waals surface area contributed by atoms with Crippen molar-refractivity contribution < 1.29 is 9.59 Å². The smallest absolute Gasteiger partial charge is 0.239 e. The monoisotopic (exact) mass is 254 g/mol. The summed E-state index contributed by atoms with van der Waals surface area (Å²) in [6.45, 7) is 2.37. The highest BCUT2D eigenvalue weighted by Gasteiger charge is 2.23. The van der Waals surface area contributed by atoms with Crippen LogP contribution in [0.3, 0.4) is 0 Å². The number of nitrogens with zero attached hydrogens (tertiary/aromatic N) is 4. The van der Waals surface area contributed by atoms with Crippen LogP contribution in [0.2, 0.25) is 0 Å². The molecule has 0 saturated heterocycles. The van der Waals surface area contributed by atoms with Crippen LogP contribution in [0.15, 0.2) is 0 Å². The fraction of sp³-hybridized carbons (Fsp3) is 0.750. The molecule has 18 heavy (non-hydrogen) atoms. The molecule has 0 aliphatic heterocycles. The quantitative estimate of drug-likeness (QED) is 0.656. The minimum Gasteiger partial charge on any atom is -0.348 e. The van der Waals surface area contributed by atoms with E-state index in [1.807, 2.05) is 6.07 Å². The zero-order valence-electron chi connectivity index (χ0n) is 11.8. The molecule has 2 amide bonds. The highest BCUT2D eigenvalue weighted by atomic mass is 16.2. The summed E-state index contributed by atoms with van der Waals surface area (Å²) in [6, 6.07) is 1.62. The van der Waals surface area contributed by atoms with Gasteiger partial charge >= 0.3 is 0 Å². The standard InChI is InChI=1S/C12H22N4O2/c1-10(12(18)15(4)8-6-7-13)16(5)9-11(17)14(2)3/h10H,6,8-9H2,1-5H3. The topological polar surface area (TPSA) is 67.6 Å². The molecular formula is C12H22N4O2. The van der Waals surface area contributed by atoms with Crippen LogP contribution in [0, 0.1) is 11.3 Å². The lowest BCUT2D eigenvalue weighted by atomic mass is 10.2. The average molecular weight is 254 g/mol. The maximum absolute atomic E-state index is 12.0. The first-order valence-electron chi connectivity index (χ1n) is 5.83. The minimum absolute atomic E-state index is 0.0446. The van der Waals surface area contributed by atoms with Gasteiger partial charge in [0, 0.05) is 27.7 Å². The molecule has 0 fully saturated rings. The lowest BCUT2D eigenvalue weighted by molar-refractivity contribution is -0.136. The summed E-state index contributed by atoms with van der Waals surface area (Å²) in [5.41, 5.74) is 0. The van der Waals surface area contributed by atoms with Crippen LogP contribution in [0.1, 0.15) is 13.3 Å². The van der Waals surface area contributed by atoms with Gasteiger partial charge in [0.2, 0.25) is 11.8 Å².